The van der Waals surface area contributed by atoms with Crippen molar-refractivity contribution in [3.05, 3.63) is 24.0 Å². The quantitative estimate of drug-likeness (QED) is 0.655. The number of nitrogens with zero attached hydrogens (tertiary/aromatic N) is 1. The molecule has 0 spiro atoms. The second-order valence-corrected chi connectivity index (χ2v) is 2.08. The first-order chi connectivity index (χ1) is 5.61. The summed E-state index contributed by atoms with van der Waals surface area (Å²) in [7, 11) is -2.61. The van der Waals surface area contributed by atoms with Gasteiger partial charge >= 0.3 is 13.2 Å². The van der Waals surface area contributed by atoms with Gasteiger partial charge in [0.1, 0.15) is 5.69 Å². The molecule has 0 aliphatic carbocycles. The van der Waals surface area contributed by atoms with E-state index in [0.717, 1.165) is 18.3 Å². The zero-order valence-electron chi connectivity index (χ0n) is 5.87. The minimum absolute atomic E-state index is 0.237. The summed E-state index contributed by atoms with van der Waals surface area (Å²) in [4.78, 5) is 13.6. The first-order valence-electron chi connectivity index (χ1n) is 3.08. The van der Waals surface area contributed by atoms with E-state index in [-0.39, 0.29) is 11.2 Å². The van der Waals surface area contributed by atoms with Gasteiger partial charge in [0.15, 0.2) is 0 Å². The second kappa shape index (κ2) is 3.29. The molecule has 62 valence electrons. The summed E-state index contributed by atoms with van der Waals surface area (Å²) >= 11 is 0. The van der Waals surface area contributed by atoms with Crippen LogP contribution in [-0.4, -0.2) is 23.3 Å². The molecule has 0 aromatic carbocycles. The molecule has 12 heavy (non-hydrogen) atoms. The fraction of sp³-hybridized carbons (Fsp3) is 0. The molecule has 3 nitrogen and oxygen atoms in total. The highest BCUT2D eigenvalue weighted by Gasteiger charge is 2.16. The molecule has 0 atom stereocenters. The lowest BCUT2D eigenvalue weighted by Crippen LogP contribution is -2.21. The minimum atomic E-state index is -2.61. The summed E-state index contributed by atoms with van der Waals surface area (Å²) in [6, 6.07) is 2.09. The van der Waals surface area contributed by atoms with E-state index < -0.39 is 13.2 Å². The van der Waals surface area contributed by atoms with Crippen molar-refractivity contribution in [1.29, 1.82) is 0 Å². The van der Waals surface area contributed by atoms with Crippen molar-refractivity contribution < 1.29 is 18.5 Å². The van der Waals surface area contributed by atoms with E-state index >= 15 is 0 Å². The molecule has 1 rings (SSSR count). The molecule has 0 aliphatic heterocycles. The van der Waals surface area contributed by atoms with Crippen molar-refractivity contribution >= 4 is 18.7 Å². The predicted octanol–water partition coefficient (Wildman–Crippen LogP) is 0.414. The van der Waals surface area contributed by atoms with Crippen LogP contribution < -0.4 is 5.46 Å². The Labute approximate surface area is 67.2 Å². The van der Waals surface area contributed by atoms with Gasteiger partial charge < -0.3 is 5.11 Å². The zero-order chi connectivity index (χ0) is 9.14. The molecular weight excluding hydrogens is 167 g/mol. The van der Waals surface area contributed by atoms with Crippen LogP contribution >= 0.6 is 0 Å². The third kappa shape index (κ3) is 1.78. The van der Waals surface area contributed by atoms with Gasteiger partial charge in [-0.3, -0.25) is 8.63 Å². The van der Waals surface area contributed by atoms with E-state index in [0.29, 0.717) is 0 Å². The first-order valence-corrected chi connectivity index (χ1v) is 3.08. The van der Waals surface area contributed by atoms with Crippen LogP contribution in [0.3, 0.4) is 0 Å². The number of carbonyl (C=O) groups is 1. The van der Waals surface area contributed by atoms with Crippen LogP contribution in [0.15, 0.2) is 18.3 Å². The number of carboxylic acids is 1. The summed E-state index contributed by atoms with van der Waals surface area (Å²) in [5.41, 5.74) is -0.514. The van der Waals surface area contributed by atoms with Gasteiger partial charge in [-0.05, 0) is 6.07 Å². The van der Waals surface area contributed by atoms with Gasteiger partial charge in [-0.1, -0.05) is 6.07 Å². The Morgan fingerprint density at radius 1 is 1.50 bits per heavy atom. The molecule has 0 amide bonds. The molecule has 0 bridgehead atoms. The van der Waals surface area contributed by atoms with Crippen molar-refractivity contribution in [1.82, 2.24) is 4.98 Å². The molecule has 0 saturated heterocycles. The van der Waals surface area contributed by atoms with Crippen LogP contribution in [0.25, 0.3) is 0 Å². The molecule has 1 heterocycles. The van der Waals surface area contributed by atoms with Crippen LogP contribution in [0.2, 0.25) is 0 Å². The molecule has 0 fully saturated rings. The lowest BCUT2D eigenvalue weighted by atomic mass is 9.88. The zero-order valence-corrected chi connectivity index (χ0v) is 5.87. The highest BCUT2D eigenvalue weighted by atomic mass is 19.2. The summed E-state index contributed by atoms with van der Waals surface area (Å²) in [5, 5.41) is 8.36. The Morgan fingerprint density at radius 2 is 2.17 bits per heavy atom. The molecule has 6 heteroatoms. The standard InChI is InChI=1S/C6H4BF2NO2/c8-7(9)4-1-2-5(6(11)12)10-3-4/h1-3H,(H,11,12). The lowest BCUT2D eigenvalue weighted by molar-refractivity contribution is 0.0690. The molecule has 0 aliphatic rings. The van der Waals surface area contributed by atoms with Crippen LogP contribution in [0.4, 0.5) is 8.63 Å². The first kappa shape index (κ1) is 8.64. The van der Waals surface area contributed by atoms with Gasteiger partial charge in [-0.15, -0.1) is 0 Å². The highest BCUT2D eigenvalue weighted by molar-refractivity contribution is 6.59. The van der Waals surface area contributed by atoms with E-state index in [9.17, 15) is 13.4 Å². The summed E-state index contributed by atoms with van der Waals surface area (Å²) < 4.78 is 23.8. The van der Waals surface area contributed by atoms with Crippen molar-refractivity contribution in [3.63, 3.8) is 0 Å². The number of hydrogen-bond donors (Lipinski definition) is 1. The summed E-state index contributed by atoms with van der Waals surface area (Å²) in [6.45, 7) is 0. The largest absolute Gasteiger partial charge is 0.573 e. The number of carboxylic acid groups (broad SMARTS) is 1. The number of rotatable bonds is 2. The van der Waals surface area contributed by atoms with Crippen LogP contribution in [-0.2, 0) is 0 Å². The molecule has 1 N–H and O–H groups in total. The third-order valence-corrected chi connectivity index (χ3v) is 1.26. The average Bonchev–Trinajstić information content (AvgIpc) is 2.04. The van der Waals surface area contributed by atoms with Gasteiger partial charge in [0.05, 0.1) is 0 Å². The Hall–Kier alpha value is -1.46. The maximum Gasteiger partial charge on any atom is 0.573 e. The maximum atomic E-state index is 11.9. The van der Waals surface area contributed by atoms with E-state index in [4.69, 9.17) is 5.11 Å². The molecule has 0 radical (unpaired) electrons. The Kier molecular flexibility index (Phi) is 2.37. The van der Waals surface area contributed by atoms with E-state index in [1.807, 2.05) is 0 Å². The van der Waals surface area contributed by atoms with E-state index in [1.54, 1.807) is 0 Å². The monoisotopic (exact) mass is 171 g/mol. The number of aromatic carboxylic acids is 1. The van der Waals surface area contributed by atoms with Crippen molar-refractivity contribution in [2.45, 2.75) is 0 Å². The number of aromatic nitrogens is 1. The second-order valence-electron chi connectivity index (χ2n) is 2.08. The van der Waals surface area contributed by atoms with Crippen molar-refractivity contribution in [2.24, 2.45) is 0 Å². The van der Waals surface area contributed by atoms with Gasteiger partial charge in [-0.25, -0.2) is 9.78 Å². The SMILES string of the molecule is O=C(O)c1ccc(B(F)F)cn1. The maximum absolute atomic E-state index is 11.9. The third-order valence-electron chi connectivity index (χ3n) is 1.26. The van der Waals surface area contributed by atoms with Gasteiger partial charge in [0.2, 0.25) is 0 Å². The number of hydrogen-bond acceptors (Lipinski definition) is 2. The van der Waals surface area contributed by atoms with Crippen molar-refractivity contribution in [2.75, 3.05) is 0 Å². The highest BCUT2D eigenvalue weighted by Crippen LogP contribution is 1.94. The number of halogens is 2. The van der Waals surface area contributed by atoms with Crippen LogP contribution in [0, 0.1) is 0 Å². The Morgan fingerprint density at radius 3 is 2.50 bits per heavy atom. The van der Waals surface area contributed by atoms with Crippen molar-refractivity contribution in [3.8, 4) is 0 Å². The minimum Gasteiger partial charge on any atom is -0.477 e. The van der Waals surface area contributed by atoms with Crippen LogP contribution in [0.1, 0.15) is 10.5 Å². The fourth-order valence-corrected chi connectivity index (χ4v) is 0.661. The topological polar surface area (TPSA) is 50.2 Å². The molecule has 1 aromatic heterocycles. The Balaban J connectivity index is 2.93. The average molecular weight is 171 g/mol. The fourth-order valence-electron chi connectivity index (χ4n) is 0.661. The number of pyridine rings is 1. The molecule has 0 saturated carbocycles. The molecule has 1 aromatic rings. The summed E-state index contributed by atoms with van der Waals surface area (Å²) in [5.74, 6) is -1.23. The van der Waals surface area contributed by atoms with Crippen LogP contribution in [0.5, 0.6) is 0 Å². The van der Waals surface area contributed by atoms with Gasteiger partial charge in [0.25, 0.3) is 0 Å². The van der Waals surface area contributed by atoms with E-state index in [2.05, 4.69) is 4.98 Å². The lowest BCUT2D eigenvalue weighted by Gasteiger charge is -1.95. The molecular formula is C6H4BF2NO2. The van der Waals surface area contributed by atoms with Gasteiger partial charge in [0, 0.05) is 11.7 Å². The van der Waals surface area contributed by atoms with E-state index in [1.165, 1.54) is 0 Å². The molecule has 0 unspecified atom stereocenters. The van der Waals surface area contributed by atoms with Gasteiger partial charge in [-0.2, -0.15) is 0 Å². The predicted molar refractivity (Wildman–Crippen MR) is 38.8 cm³/mol. The Bertz CT molecular complexity index is 288. The summed E-state index contributed by atoms with van der Waals surface area (Å²) in [6.07, 6.45) is 0.855. The smallest absolute Gasteiger partial charge is 0.477 e. The normalized spacial score (nSPS) is 9.50.